The molecule has 0 N–H and O–H groups in total. The molecule has 5 nitrogen and oxygen atoms in total. The average molecular weight is 462 g/mol. The van der Waals surface area contributed by atoms with Crippen molar-refractivity contribution in [3.05, 3.63) is 81.3 Å². The molecule has 0 saturated carbocycles. The standard InChI is InChI=1S/C22H15Cl3N2O3/c1-28-20-9-2-13(10-14(20)12-29-17-6-3-15(23)4-7-17)22-26-21(27-30-22)18-8-5-16(24)11-19(18)25/h2-11H,12H2,1H3. The van der Waals surface area contributed by atoms with Gasteiger partial charge in [0.2, 0.25) is 5.82 Å². The number of hydrogen-bond acceptors (Lipinski definition) is 5. The SMILES string of the molecule is COc1ccc(-c2nc(-c3ccc(Cl)cc3Cl)no2)cc1COc1ccc(Cl)cc1. The summed E-state index contributed by atoms with van der Waals surface area (Å²) in [6.07, 6.45) is 0. The van der Waals surface area contributed by atoms with Gasteiger partial charge in [0.15, 0.2) is 0 Å². The minimum absolute atomic E-state index is 0.294. The highest BCUT2D eigenvalue weighted by molar-refractivity contribution is 6.36. The topological polar surface area (TPSA) is 57.4 Å². The molecular weight excluding hydrogens is 447 g/mol. The third-order valence-electron chi connectivity index (χ3n) is 4.33. The first-order chi connectivity index (χ1) is 14.5. The maximum atomic E-state index is 6.25. The summed E-state index contributed by atoms with van der Waals surface area (Å²) in [6, 6.07) is 17.8. The van der Waals surface area contributed by atoms with Crippen LogP contribution < -0.4 is 9.47 Å². The fourth-order valence-corrected chi connectivity index (χ4v) is 3.46. The molecule has 30 heavy (non-hydrogen) atoms. The van der Waals surface area contributed by atoms with E-state index in [-0.39, 0.29) is 0 Å². The number of halogens is 3. The van der Waals surface area contributed by atoms with Crippen molar-refractivity contribution in [2.24, 2.45) is 0 Å². The molecule has 3 aromatic carbocycles. The van der Waals surface area contributed by atoms with Gasteiger partial charge in [0, 0.05) is 26.7 Å². The molecule has 1 heterocycles. The molecule has 0 saturated heterocycles. The summed E-state index contributed by atoms with van der Waals surface area (Å²) in [5.74, 6) is 2.12. The Bertz CT molecular complexity index is 1180. The summed E-state index contributed by atoms with van der Waals surface area (Å²) in [5.41, 5.74) is 2.19. The van der Waals surface area contributed by atoms with Gasteiger partial charge in [-0.3, -0.25) is 0 Å². The van der Waals surface area contributed by atoms with E-state index in [2.05, 4.69) is 10.1 Å². The molecule has 0 fully saturated rings. The van der Waals surface area contributed by atoms with Crippen molar-refractivity contribution in [3.8, 4) is 34.3 Å². The van der Waals surface area contributed by atoms with Gasteiger partial charge < -0.3 is 14.0 Å². The van der Waals surface area contributed by atoms with Crippen molar-refractivity contribution in [3.63, 3.8) is 0 Å². The second kappa shape index (κ2) is 8.96. The van der Waals surface area contributed by atoms with Crippen molar-refractivity contribution in [1.82, 2.24) is 10.1 Å². The van der Waals surface area contributed by atoms with Crippen LogP contribution in [-0.2, 0) is 6.61 Å². The summed E-state index contributed by atoms with van der Waals surface area (Å²) in [4.78, 5) is 4.46. The van der Waals surface area contributed by atoms with Crippen LogP contribution in [0.2, 0.25) is 15.1 Å². The predicted molar refractivity (Wildman–Crippen MR) is 118 cm³/mol. The molecule has 1 aromatic heterocycles. The van der Waals surface area contributed by atoms with E-state index in [1.54, 1.807) is 49.6 Å². The van der Waals surface area contributed by atoms with Crippen LogP contribution in [-0.4, -0.2) is 17.3 Å². The van der Waals surface area contributed by atoms with E-state index < -0.39 is 0 Å². The highest BCUT2D eigenvalue weighted by atomic mass is 35.5. The van der Waals surface area contributed by atoms with Gasteiger partial charge in [-0.2, -0.15) is 4.98 Å². The van der Waals surface area contributed by atoms with Gasteiger partial charge in [-0.25, -0.2) is 0 Å². The molecule has 0 bridgehead atoms. The smallest absolute Gasteiger partial charge is 0.258 e. The first-order valence-electron chi connectivity index (χ1n) is 8.88. The van der Waals surface area contributed by atoms with Crippen LogP contribution >= 0.6 is 34.8 Å². The molecule has 0 spiro atoms. The highest BCUT2D eigenvalue weighted by Gasteiger charge is 2.15. The van der Waals surface area contributed by atoms with Crippen LogP contribution in [0.1, 0.15) is 5.56 Å². The lowest BCUT2D eigenvalue weighted by molar-refractivity contribution is 0.296. The molecule has 0 amide bonds. The Morgan fingerprint density at radius 2 is 1.67 bits per heavy atom. The zero-order valence-corrected chi connectivity index (χ0v) is 18.0. The van der Waals surface area contributed by atoms with Gasteiger partial charge >= 0.3 is 0 Å². The molecule has 4 aromatic rings. The largest absolute Gasteiger partial charge is 0.496 e. The number of methoxy groups -OCH3 is 1. The number of aromatic nitrogens is 2. The lowest BCUT2D eigenvalue weighted by Gasteiger charge is -2.11. The zero-order valence-electron chi connectivity index (χ0n) is 15.7. The highest BCUT2D eigenvalue weighted by Crippen LogP contribution is 2.32. The molecule has 0 aliphatic heterocycles. The van der Waals surface area contributed by atoms with E-state index in [4.69, 9.17) is 48.8 Å². The summed E-state index contributed by atoms with van der Waals surface area (Å²) in [5, 5.41) is 5.67. The van der Waals surface area contributed by atoms with Crippen molar-refractivity contribution in [1.29, 1.82) is 0 Å². The van der Waals surface area contributed by atoms with Crippen molar-refractivity contribution < 1.29 is 14.0 Å². The van der Waals surface area contributed by atoms with Gasteiger partial charge in [-0.1, -0.05) is 40.0 Å². The van der Waals surface area contributed by atoms with Crippen LogP contribution in [0.3, 0.4) is 0 Å². The Balaban J connectivity index is 1.59. The monoisotopic (exact) mass is 460 g/mol. The average Bonchev–Trinajstić information content (AvgIpc) is 3.23. The second-order valence-corrected chi connectivity index (χ2v) is 7.60. The van der Waals surface area contributed by atoms with E-state index in [1.165, 1.54) is 0 Å². The fraction of sp³-hybridized carbons (Fsp3) is 0.0909. The molecule has 0 radical (unpaired) electrons. The van der Waals surface area contributed by atoms with Crippen LogP contribution in [0.5, 0.6) is 11.5 Å². The molecule has 0 atom stereocenters. The minimum Gasteiger partial charge on any atom is -0.496 e. The molecular formula is C22H15Cl3N2O3. The Labute approximate surface area is 188 Å². The molecule has 0 aliphatic rings. The summed E-state index contributed by atoms with van der Waals surface area (Å²) in [7, 11) is 1.61. The maximum absolute atomic E-state index is 6.25. The summed E-state index contributed by atoms with van der Waals surface area (Å²) < 4.78 is 16.7. The van der Waals surface area contributed by atoms with E-state index in [0.29, 0.717) is 50.5 Å². The minimum atomic E-state index is 0.294. The van der Waals surface area contributed by atoms with Crippen molar-refractivity contribution >= 4 is 34.8 Å². The molecule has 0 aliphatic carbocycles. The first-order valence-corrected chi connectivity index (χ1v) is 10.0. The number of nitrogens with zero attached hydrogens (tertiary/aromatic N) is 2. The van der Waals surface area contributed by atoms with Gasteiger partial charge in [0.1, 0.15) is 18.1 Å². The number of ether oxygens (including phenoxy) is 2. The number of hydrogen-bond donors (Lipinski definition) is 0. The van der Waals surface area contributed by atoms with Gasteiger partial charge in [0.05, 0.1) is 12.1 Å². The molecule has 0 unspecified atom stereocenters. The quantitative estimate of drug-likeness (QED) is 0.311. The molecule has 152 valence electrons. The van der Waals surface area contributed by atoms with Crippen molar-refractivity contribution in [2.75, 3.05) is 7.11 Å². The van der Waals surface area contributed by atoms with Crippen LogP contribution in [0, 0.1) is 0 Å². The zero-order chi connectivity index (χ0) is 21.1. The third kappa shape index (κ3) is 4.54. The second-order valence-electron chi connectivity index (χ2n) is 6.32. The van der Waals surface area contributed by atoms with Crippen molar-refractivity contribution in [2.45, 2.75) is 6.61 Å². The predicted octanol–water partition coefficient (Wildman–Crippen LogP) is 6.95. The van der Waals surface area contributed by atoms with E-state index in [9.17, 15) is 0 Å². The number of rotatable bonds is 6. The first kappa shape index (κ1) is 20.5. The normalized spacial score (nSPS) is 10.8. The van der Waals surface area contributed by atoms with Gasteiger partial charge in [0.25, 0.3) is 5.89 Å². The Kier molecular flexibility index (Phi) is 6.13. The Morgan fingerprint density at radius 1 is 0.900 bits per heavy atom. The van der Waals surface area contributed by atoms with Crippen LogP contribution in [0.4, 0.5) is 0 Å². The van der Waals surface area contributed by atoms with E-state index >= 15 is 0 Å². The van der Waals surface area contributed by atoms with E-state index in [1.807, 2.05) is 18.2 Å². The van der Waals surface area contributed by atoms with Gasteiger partial charge in [-0.15, -0.1) is 0 Å². The lowest BCUT2D eigenvalue weighted by atomic mass is 10.1. The Hall–Kier alpha value is -2.73. The van der Waals surface area contributed by atoms with E-state index in [0.717, 1.165) is 11.1 Å². The number of benzene rings is 3. The lowest BCUT2D eigenvalue weighted by Crippen LogP contribution is -1.99. The fourth-order valence-electron chi connectivity index (χ4n) is 2.84. The Morgan fingerprint density at radius 3 is 2.40 bits per heavy atom. The third-order valence-corrected chi connectivity index (χ3v) is 5.13. The van der Waals surface area contributed by atoms with Crippen LogP contribution in [0.15, 0.2) is 65.2 Å². The summed E-state index contributed by atoms with van der Waals surface area (Å²) in [6.45, 7) is 0.294. The summed E-state index contributed by atoms with van der Waals surface area (Å²) >= 11 is 18.1. The maximum Gasteiger partial charge on any atom is 0.258 e. The van der Waals surface area contributed by atoms with Gasteiger partial charge in [-0.05, 0) is 60.7 Å². The molecule has 8 heteroatoms. The molecule has 4 rings (SSSR count). The van der Waals surface area contributed by atoms with Crippen LogP contribution in [0.25, 0.3) is 22.8 Å².